The van der Waals surface area contributed by atoms with Gasteiger partial charge in [-0.3, -0.25) is 9.59 Å². The first-order valence-electron chi connectivity index (χ1n) is 11.7. The van der Waals surface area contributed by atoms with E-state index in [1.54, 1.807) is 13.0 Å². The number of amides is 2. The minimum Gasteiger partial charge on any atom is -0.478 e. The Morgan fingerprint density at radius 1 is 1.19 bits per heavy atom. The van der Waals surface area contributed by atoms with Crippen LogP contribution < -0.4 is 15.4 Å². The predicted octanol–water partition coefficient (Wildman–Crippen LogP) is 2.95. The molecule has 2 N–H and O–H groups in total. The third kappa shape index (κ3) is 4.64. The molecule has 32 heavy (non-hydrogen) atoms. The van der Waals surface area contributed by atoms with Crippen LogP contribution in [0.1, 0.15) is 63.9 Å². The highest BCUT2D eigenvalue weighted by Crippen LogP contribution is 2.36. The van der Waals surface area contributed by atoms with Crippen LogP contribution in [0.15, 0.2) is 17.0 Å². The lowest BCUT2D eigenvalue weighted by Crippen LogP contribution is -2.48. The van der Waals surface area contributed by atoms with Crippen LogP contribution in [0, 0.1) is 12.8 Å². The van der Waals surface area contributed by atoms with Crippen LogP contribution in [0.4, 0.5) is 5.69 Å². The number of carbonyl (C=O) groups excluding carboxylic acids is 2. The molecule has 8 nitrogen and oxygen atoms in total. The van der Waals surface area contributed by atoms with Crippen LogP contribution in [-0.4, -0.2) is 49.8 Å². The van der Waals surface area contributed by atoms with Crippen molar-refractivity contribution in [1.82, 2.24) is 9.62 Å². The molecule has 0 spiro atoms. The maximum absolute atomic E-state index is 13.5. The number of carbonyl (C=O) groups is 2. The Bertz CT molecular complexity index is 988. The zero-order valence-electron chi connectivity index (χ0n) is 18.9. The number of fused-ring (bicyclic) bond motifs is 1. The van der Waals surface area contributed by atoms with E-state index in [0.717, 1.165) is 25.7 Å². The highest BCUT2D eigenvalue weighted by atomic mass is 32.2. The van der Waals surface area contributed by atoms with Gasteiger partial charge in [0.05, 0.1) is 16.5 Å². The van der Waals surface area contributed by atoms with Crippen LogP contribution in [0.25, 0.3) is 0 Å². The standard InChI is InChI=1S/C23H33N3O5S/c1-3-19-23(28)25-18-12-15(2)21(13-20(18)31-19)32(29,30)26-11-7-8-16(14-26)22(27)24-17-9-5-4-6-10-17/h12-13,16-17,19H,3-11,14H2,1-2H3,(H,24,27)(H,25,28)/t16-,19+/m1/s1. The average molecular weight is 464 g/mol. The lowest BCUT2D eigenvalue weighted by Gasteiger charge is -2.33. The van der Waals surface area contributed by atoms with Gasteiger partial charge in [0.1, 0.15) is 5.75 Å². The zero-order valence-corrected chi connectivity index (χ0v) is 19.7. The molecule has 0 aromatic heterocycles. The maximum atomic E-state index is 13.5. The second kappa shape index (κ2) is 9.39. The highest BCUT2D eigenvalue weighted by molar-refractivity contribution is 7.89. The Kier molecular flexibility index (Phi) is 6.76. The molecule has 3 aliphatic rings. The Balaban J connectivity index is 1.51. The molecular formula is C23H33N3O5S. The summed E-state index contributed by atoms with van der Waals surface area (Å²) in [5.41, 5.74) is 1.02. The number of hydrogen-bond donors (Lipinski definition) is 2. The summed E-state index contributed by atoms with van der Waals surface area (Å²) < 4.78 is 34.2. The van der Waals surface area contributed by atoms with Crippen molar-refractivity contribution < 1.29 is 22.7 Å². The molecule has 2 heterocycles. The lowest BCUT2D eigenvalue weighted by atomic mass is 9.93. The van der Waals surface area contributed by atoms with E-state index in [2.05, 4.69) is 10.6 Å². The molecule has 2 fully saturated rings. The summed E-state index contributed by atoms with van der Waals surface area (Å²) in [6, 6.07) is 3.36. The van der Waals surface area contributed by atoms with Gasteiger partial charge in [0.15, 0.2) is 6.10 Å². The van der Waals surface area contributed by atoms with E-state index in [4.69, 9.17) is 4.74 Å². The number of ether oxygens (including phenoxy) is 1. The molecule has 2 aliphatic heterocycles. The van der Waals surface area contributed by atoms with Crippen molar-refractivity contribution in [2.24, 2.45) is 5.92 Å². The molecule has 1 aromatic rings. The molecule has 0 bridgehead atoms. The zero-order chi connectivity index (χ0) is 22.9. The Labute approximate surface area is 190 Å². The van der Waals surface area contributed by atoms with Crippen molar-refractivity contribution in [3.8, 4) is 5.75 Å². The van der Waals surface area contributed by atoms with E-state index in [1.807, 2.05) is 6.92 Å². The summed E-state index contributed by atoms with van der Waals surface area (Å²) in [6.07, 6.45) is 6.69. The van der Waals surface area contributed by atoms with Gasteiger partial charge in [-0.05, 0) is 50.7 Å². The Morgan fingerprint density at radius 3 is 2.66 bits per heavy atom. The van der Waals surface area contributed by atoms with Gasteiger partial charge < -0.3 is 15.4 Å². The van der Waals surface area contributed by atoms with Crippen LogP contribution in [0.3, 0.4) is 0 Å². The van der Waals surface area contributed by atoms with Gasteiger partial charge in [0, 0.05) is 25.2 Å². The summed E-state index contributed by atoms with van der Waals surface area (Å²) in [5.74, 6) is -0.226. The van der Waals surface area contributed by atoms with Gasteiger partial charge in [-0.25, -0.2) is 8.42 Å². The van der Waals surface area contributed by atoms with Crippen LogP contribution in [0.5, 0.6) is 5.75 Å². The molecule has 2 amide bonds. The van der Waals surface area contributed by atoms with Crippen molar-refractivity contribution in [1.29, 1.82) is 0 Å². The molecule has 0 unspecified atom stereocenters. The quantitative estimate of drug-likeness (QED) is 0.699. The van der Waals surface area contributed by atoms with E-state index in [1.165, 1.54) is 16.8 Å². The van der Waals surface area contributed by atoms with Crippen LogP contribution >= 0.6 is 0 Å². The number of aryl methyl sites for hydroxylation is 1. The van der Waals surface area contributed by atoms with Gasteiger partial charge >= 0.3 is 0 Å². The average Bonchev–Trinajstić information content (AvgIpc) is 2.79. The topological polar surface area (TPSA) is 105 Å². The number of nitrogens with zero attached hydrogens (tertiary/aromatic N) is 1. The third-order valence-electron chi connectivity index (χ3n) is 6.79. The molecule has 1 saturated heterocycles. The van der Waals surface area contributed by atoms with Crippen molar-refractivity contribution >= 4 is 27.5 Å². The highest BCUT2D eigenvalue weighted by Gasteiger charge is 2.36. The van der Waals surface area contributed by atoms with E-state index in [-0.39, 0.29) is 35.2 Å². The van der Waals surface area contributed by atoms with E-state index >= 15 is 0 Å². The predicted molar refractivity (Wildman–Crippen MR) is 121 cm³/mol. The summed E-state index contributed by atoms with van der Waals surface area (Å²) >= 11 is 0. The van der Waals surface area contributed by atoms with Crippen molar-refractivity contribution in [3.63, 3.8) is 0 Å². The summed E-state index contributed by atoms with van der Waals surface area (Å²) in [4.78, 5) is 25.1. The molecule has 1 saturated carbocycles. The first kappa shape index (κ1) is 23.0. The first-order valence-corrected chi connectivity index (χ1v) is 13.2. The summed E-state index contributed by atoms with van der Waals surface area (Å²) in [6.45, 7) is 4.13. The number of anilines is 1. The van der Waals surface area contributed by atoms with Crippen molar-refractivity contribution in [2.45, 2.75) is 82.3 Å². The number of rotatable bonds is 5. The SMILES string of the molecule is CC[C@@H]1Oc2cc(S(=O)(=O)N3CCC[C@@H](C(=O)NC4CCCCC4)C3)c(C)cc2NC1=O. The number of piperidine rings is 1. The minimum absolute atomic E-state index is 0.0317. The Hall–Kier alpha value is -2.13. The summed E-state index contributed by atoms with van der Waals surface area (Å²) in [5, 5.41) is 5.94. The van der Waals surface area contributed by atoms with Crippen molar-refractivity contribution in [3.05, 3.63) is 17.7 Å². The van der Waals surface area contributed by atoms with E-state index in [9.17, 15) is 18.0 Å². The molecule has 0 radical (unpaired) electrons. The monoisotopic (exact) mass is 463 g/mol. The second-order valence-electron chi connectivity index (χ2n) is 9.16. The Morgan fingerprint density at radius 2 is 1.94 bits per heavy atom. The smallest absolute Gasteiger partial charge is 0.265 e. The molecule has 1 aliphatic carbocycles. The van der Waals surface area contributed by atoms with Gasteiger partial charge in [-0.1, -0.05) is 26.2 Å². The number of hydrogen-bond acceptors (Lipinski definition) is 5. The lowest BCUT2D eigenvalue weighted by molar-refractivity contribution is -0.127. The molecule has 9 heteroatoms. The number of sulfonamides is 1. The number of nitrogens with one attached hydrogen (secondary N) is 2. The van der Waals surface area contributed by atoms with Gasteiger partial charge in [0.2, 0.25) is 15.9 Å². The fourth-order valence-electron chi connectivity index (χ4n) is 4.91. The minimum atomic E-state index is -3.80. The third-order valence-corrected chi connectivity index (χ3v) is 8.80. The fraction of sp³-hybridized carbons (Fsp3) is 0.652. The normalized spacial score (nSPS) is 24.9. The van der Waals surface area contributed by atoms with Crippen LogP contribution in [-0.2, 0) is 19.6 Å². The fourth-order valence-corrected chi connectivity index (χ4v) is 6.66. The largest absolute Gasteiger partial charge is 0.478 e. The van der Waals surface area contributed by atoms with Gasteiger partial charge in [-0.15, -0.1) is 0 Å². The molecule has 2 atom stereocenters. The van der Waals surface area contributed by atoms with Crippen molar-refractivity contribution in [2.75, 3.05) is 18.4 Å². The van der Waals surface area contributed by atoms with E-state index < -0.39 is 16.1 Å². The molecular weight excluding hydrogens is 430 g/mol. The first-order chi connectivity index (χ1) is 15.3. The second-order valence-corrected chi connectivity index (χ2v) is 11.1. The molecule has 176 valence electrons. The van der Waals surface area contributed by atoms with Gasteiger partial charge in [-0.2, -0.15) is 4.31 Å². The van der Waals surface area contributed by atoms with Crippen LogP contribution in [0.2, 0.25) is 0 Å². The number of benzene rings is 1. The molecule has 4 rings (SSSR count). The van der Waals surface area contributed by atoms with E-state index in [0.29, 0.717) is 42.8 Å². The summed E-state index contributed by atoms with van der Waals surface area (Å²) in [7, 11) is -3.80. The molecule has 1 aromatic carbocycles. The van der Waals surface area contributed by atoms with Gasteiger partial charge in [0.25, 0.3) is 5.91 Å². The maximum Gasteiger partial charge on any atom is 0.265 e.